The van der Waals surface area contributed by atoms with Crippen LogP contribution in [0.5, 0.6) is 5.75 Å². The van der Waals surface area contributed by atoms with Gasteiger partial charge in [0.05, 0.1) is 7.11 Å². The predicted molar refractivity (Wildman–Crippen MR) is 114 cm³/mol. The Labute approximate surface area is 178 Å². The Hall–Kier alpha value is -2.57. The van der Waals surface area contributed by atoms with Gasteiger partial charge in [-0.3, -0.25) is 14.5 Å². The standard InChI is InChI=1S/C23H33N3O4/c1-30-19-11-9-17(10-12-19)15-16-26-22(28)20(25-23(26)29)13-14-21(27)24-18-7-5-3-2-4-6-8-18/h9-12,18,20H,2-8,13-16H2,1H3,(H,24,27)(H,25,29)/t20-/m0/s1. The molecule has 1 aromatic rings. The topological polar surface area (TPSA) is 87.7 Å². The average molecular weight is 416 g/mol. The Bertz CT molecular complexity index is 726. The third kappa shape index (κ3) is 6.21. The van der Waals surface area contributed by atoms with Gasteiger partial charge >= 0.3 is 6.03 Å². The van der Waals surface area contributed by atoms with E-state index in [1.807, 2.05) is 24.3 Å². The van der Waals surface area contributed by atoms with E-state index in [0.29, 0.717) is 19.4 Å². The van der Waals surface area contributed by atoms with Crippen LogP contribution >= 0.6 is 0 Å². The van der Waals surface area contributed by atoms with Crippen molar-refractivity contribution in [2.24, 2.45) is 0 Å². The van der Waals surface area contributed by atoms with Gasteiger partial charge in [-0.15, -0.1) is 0 Å². The molecule has 7 heteroatoms. The number of nitrogens with one attached hydrogen (secondary N) is 2. The molecule has 1 atom stereocenters. The van der Waals surface area contributed by atoms with Gasteiger partial charge in [0.25, 0.3) is 5.91 Å². The molecule has 0 spiro atoms. The first-order chi connectivity index (χ1) is 14.6. The summed E-state index contributed by atoms with van der Waals surface area (Å²) < 4.78 is 5.14. The van der Waals surface area contributed by atoms with E-state index in [4.69, 9.17) is 4.74 Å². The number of carbonyl (C=O) groups is 3. The summed E-state index contributed by atoms with van der Waals surface area (Å²) in [7, 11) is 1.61. The van der Waals surface area contributed by atoms with Gasteiger partial charge in [0.15, 0.2) is 0 Å². The molecule has 2 aliphatic rings. The predicted octanol–water partition coefficient (Wildman–Crippen LogP) is 3.17. The molecular weight excluding hydrogens is 382 g/mol. The molecule has 3 rings (SSSR count). The Kier molecular flexibility index (Phi) is 8.11. The van der Waals surface area contributed by atoms with Crippen LogP contribution in [-0.4, -0.2) is 48.5 Å². The summed E-state index contributed by atoms with van der Waals surface area (Å²) >= 11 is 0. The van der Waals surface area contributed by atoms with E-state index in [1.165, 1.54) is 24.2 Å². The Morgan fingerprint density at radius 2 is 1.77 bits per heavy atom. The zero-order chi connectivity index (χ0) is 21.3. The van der Waals surface area contributed by atoms with Gasteiger partial charge in [0.2, 0.25) is 5.91 Å². The molecule has 30 heavy (non-hydrogen) atoms. The minimum absolute atomic E-state index is 0.0284. The molecule has 7 nitrogen and oxygen atoms in total. The average Bonchev–Trinajstić information content (AvgIpc) is 3.00. The van der Waals surface area contributed by atoms with Crippen molar-refractivity contribution in [2.45, 2.75) is 76.3 Å². The highest BCUT2D eigenvalue weighted by Gasteiger charge is 2.37. The lowest BCUT2D eigenvalue weighted by Gasteiger charge is -2.21. The zero-order valence-electron chi connectivity index (χ0n) is 17.8. The summed E-state index contributed by atoms with van der Waals surface area (Å²) in [6, 6.07) is 6.82. The minimum Gasteiger partial charge on any atom is -0.497 e. The number of ether oxygens (including phenoxy) is 1. The molecule has 2 fully saturated rings. The lowest BCUT2D eigenvalue weighted by atomic mass is 9.96. The molecule has 0 bridgehead atoms. The lowest BCUT2D eigenvalue weighted by molar-refractivity contribution is -0.127. The van der Waals surface area contributed by atoms with E-state index in [9.17, 15) is 14.4 Å². The normalized spacial score (nSPS) is 20.4. The summed E-state index contributed by atoms with van der Waals surface area (Å²) in [4.78, 5) is 38.4. The van der Waals surface area contributed by atoms with Crippen molar-refractivity contribution in [3.63, 3.8) is 0 Å². The number of carbonyl (C=O) groups excluding carboxylic acids is 3. The smallest absolute Gasteiger partial charge is 0.324 e. The fourth-order valence-corrected chi connectivity index (χ4v) is 4.19. The summed E-state index contributed by atoms with van der Waals surface area (Å²) in [6.07, 6.45) is 9.31. The molecule has 1 heterocycles. The Morgan fingerprint density at radius 3 is 2.43 bits per heavy atom. The van der Waals surface area contributed by atoms with Crippen LogP contribution in [0.25, 0.3) is 0 Å². The maximum absolute atomic E-state index is 12.6. The van der Waals surface area contributed by atoms with Gasteiger partial charge in [0, 0.05) is 19.0 Å². The second-order valence-corrected chi connectivity index (χ2v) is 8.24. The van der Waals surface area contributed by atoms with E-state index in [2.05, 4.69) is 10.6 Å². The van der Waals surface area contributed by atoms with Crippen molar-refractivity contribution >= 4 is 17.8 Å². The zero-order valence-corrected chi connectivity index (χ0v) is 17.8. The number of methoxy groups -OCH3 is 1. The maximum atomic E-state index is 12.6. The van der Waals surface area contributed by atoms with Crippen molar-refractivity contribution in [2.75, 3.05) is 13.7 Å². The largest absolute Gasteiger partial charge is 0.497 e. The second-order valence-electron chi connectivity index (χ2n) is 8.24. The number of hydrogen-bond donors (Lipinski definition) is 2. The summed E-state index contributed by atoms with van der Waals surface area (Å²) in [5, 5.41) is 5.84. The molecule has 1 saturated carbocycles. The Morgan fingerprint density at radius 1 is 1.10 bits per heavy atom. The lowest BCUT2D eigenvalue weighted by Crippen LogP contribution is -2.37. The molecule has 164 valence electrons. The molecule has 4 amide bonds. The SMILES string of the molecule is COc1ccc(CCN2C(=O)N[C@@H](CCC(=O)NC3CCCCCCC3)C2=O)cc1. The highest BCUT2D eigenvalue weighted by Crippen LogP contribution is 2.18. The van der Waals surface area contributed by atoms with Gasteiger partial charge in [-0.1, -0.05) is 44.2 Å². The quantitative estimate of drug-likeness (QED) is 0.639. The highest BCUT2D eigenvalue weighted by molar-refractivity contribution is 6.04. The number of amides is 4. The van der Waals surface area contributed by atoms with Crippen molar-refractivity contribution in [3.8, 4) is 5.75 Å². The molecule has 1 aromatic carbocycles. The first-order valence-electron chi connectivity index (χ1n) is 11.1. The van der Waals surface area contributed by atoms with E-state index >= 15 is 0 Å². The monoisotopic (exact) mass is 415 g/mol. The number of urea groups is 1. The van der Waals surface area contributed by atoms with Gasteiger partial charge < -0.3 is 15.4 Å². The van der Waals surface area contributed by atoms with E-state index in [1.54, 1.807) is 7.11 Å². The van der Waals surface area contributed by atoms with Crippen LogP contribution in [0.15, 0.2) is 24.3 Å². The van der Waals surface area contributed by atoms with Crippen molar-refractivity contribution in [1.29, 1.82) is 0 Å². The van der Waals surface area contributed by atoms with Gasteiger partial charge in [-0.25, -0.2) is 4.79 Å². The molecule has 2 N–H and O–H groups in total. The van der Waals surface area contributed by atoms with E-state index in [-0.39, 0.29) is 30.3 Å². The molecule has 0 aromatic heterocycles. The molecule has 1 aliphatic carbocycles. The molecule has 1 saturated heterocycles. The fraction of sp³-hybridized carbons (Fsp3) is 0.609. The van der Waals surface area contributed by atoms with Crippen molar-refractivity contribution in [3.05, 3.63) is 29.8 Å². The second kappa shape index (κ2) is 11.0. The van der Waals surface area contributed by atoms with E-state index in [0.717, 1.165) is 37.0 Å². The Balaban J connectivity index is 1.42. The number of benzene rings is 1. The third-order valence-electron chi connectivity index (χ3n) is 6.02. The number of hydrogen-bond acceptors (Lipinski definition) is 4. The summed E-state index contributed by atoms with van der Waals surface area (Å²) in [5.41, 5.74) is 1.03. The molecule has 1 aliphatic heterocycles. The minimum atomic E-state index is -0.614. The molecule has 0 radical (unpaired) electrons. The van der Waals surface area contributed by atoms with E-state index < -0.39 is 6.04 Å². The van der Waals surface area contributed by atoms with Crippen molar-refractivity contribution in [1.82, 2.24) is 15.5 Å². The van der Waals surface area contributed by atoms with Crippen molar-refractivity contribution < 1.29 is 19.1 Å². The first-order valence-corrected chi connectivity index (χ1v) is 11.1. The van der Waals surface area contributed by atoms with Crippen LogP contribution in [0.2, 0.25) is 0 Å². The van der Waals surface area contributed by atoms with Crippen LogP contribution in [-0.2, 0) is 16.0 Å². The molecular formula is C23H33N3O4. The first kappa shape index (κ1) is 22.1. The van der Waals surface area contributed by atoms with Gasteiger partial charge in [0.1, 0.15) is 11.8 Å². The summed E-state index contributed by atoms with van der Waals surface area (Å²) in [5.74, 6) is 0.498. The van der Waals surface area contributed by atoms with Crippen LogP contribution in [0, 0.1) is 0 Å². The number of imide groups is 1. The van der Waals surface area contributed by atoms with Gasteiger partial charge in [-0.2, -0.15) is 0 Å². The fourth-order valence-electron chi connectivity index (χ4n) is 4.19. The number of rotatable bonds is 8. The van der Waals surface area contributed by atoms with Crippen LogP contribution in [0.4, 0.5) is 4.79 Å². The van der Waals surface area contributed by atoms with Crippen LogP contribution in [0.3, 0.4) is 0 Å². The van der Waals surface area contributed by atoms with Crippen LogP contribution in [0.1, 0.15) is 63.4 Å². The third-order valence-corrected chi connectivity index (χ3v) is 6.02. The van der Waals surface area contributed by atoms with Gasteiger partial charge in [-0.05, 0) is 43.4 Å². The number of nitrogens with zero attached hydrogens (tertiary/aromatic N) is 1. The van der Waals surface area contributed by atoms with Crippen LogP contribution < -0.4 is 15.4 Å². The highest BCUT2D eigenvalue weighted by atomic mass is 16.5. The maximum Gasteiger partial charge on any atom is 0.324 e. The molecule has 0 unspecified atom stereocenters. The summed E-state index contributed by atoms with van der Waals surface area (Å²) in [6.45, 7) is 0.321.